The largest absolute Gasteiger partial charge is 0.497 e. The summed E-state index contributed by atoms with van der Waals surface area (Å²) in [5, 5.41) is 7.83. The van der Waals surface area contributed by atoms with Crippen molar-refractivity contribution in [3.8, 4) is 28.7 Å². The Morgan fingerprint density at radius 2 is 0.752 bits per heavy atom. The molecule has 137 heavy (non-hydrogen) atoms. The summed E-state index contributed by atoms with van der Waals surface area (Å²) in [4.78, 5) is 93.6. The highest BCUT2D eigenvalue weighted by Crippen LogP contribution is 2.46. The van der Waals surface area contributed by atoms with Crippen LogP contribution in [0, 0.1) is 56.9 Å². The summed E-state index contributed by atoms with van der Waals surface area (Å²) >= 11 is 25.2. The Bertz CT molecular complexity index is 6830. The SMILES string of the molecule is COc1ccc(C(C)NC(=O)c2c(F)c(Cl)cc(C(C)c3nc(C)c4c(N)nccn34)c2OC(C)C)cc1.Cc1nc(C(C)c2cc(Cl)c(F)c(C(=O)N(C)C)c2OC(C)C)n2ccnc(N)c12.Cc1nc(C(C)c2cc(Cl)c(F)c(C(=O)NCC3CCCC3)c2OC(C)C)n2ccnc(N)c12.Cc1nc([C@@H](C)c2cc(Cl)c(F)c(C(=O)NCc3ccccn3)c2OC(C)C)n2ccnc(N)c12. The van der Waals surface area contributed by atoms with E-state index in [9.17, 15) is 23.6 Å². The lowest BCUT2D eigenvalue weighted by molar-refractivity contribution is 0.0814. The molecule has 9 heterocycles. The molecule has 5 aromatic carbocycles. The van der Waals surface area contributed by atoms with E-state index in [1.165, 1.54) is 29.2 Å². The number of anilines is 4. The number of hydrogen-bond acceptors (Lipinski definition) is 22. The second-order valence-corrected chi connectivity index (χ2v) is 36.4. The van der Waals surface area contributed by atoms with Gasteiger partial charge in [-0.15, -0.1) is 0 Å². The minimum absolute atomic E-state index is 0.115. The molecule has 0 radical (unpaired) electrons. The first kappa shape index (κ1) is 103. The van der Waals surface area contributed by atoms with E-state index in [4.69, 9.17) is 108 Å². The zero-order valence-corrected chi connectivity index (χ0v) is 82.9. The molecule has 5 atom stereocenters. The van der Waals surface area contributed by atoms with Gasteiger partial charge >= 0.3 is 0 Å². The number of carbonyl (C=O) groups excluding carboxylic acids is 4. The molecule has 0 spiro atoms. The lowest BCUT2D eigenvalue weighted by Crippen LogP contribution is -2.30. The van der Waals surface area contributed by atoms with Gasteiger partial charge in [0.1, 0.15) is 120 Å². The van der Waals surface area contributed by atoms with Gasteiger partial charge in [0.15, 0.2) is 23.3 Å². The number of halogens is 8. The van der Waals surface area contributed by atoms with Gasteiger partial charge in [-0.05, 0) is 163 Å². The van der Waals surface area contributed by atoms with Crippen LogP contribution in [0.15, 0.2) is 123 Å². The molecule has 1 aliphatic rings. The van der Waals surface area contributed by atoms with Crippen LogP contribution in [0.2, 0.25) is 20.1 Å². The Kier molecular flexibility index (Phi) is 32.8. The average Bonchev–Trinajstić information content (AvgIpc) is 1.67. The van der Waals surface area contributed by atoms with Gasteiger partial charge < -0.3 is 67.5 Å². The molecule has 1 aliphatic carbocycles. The monoisotopic (exact) mass is 1960 g/mol. The Labute approximate surface area is 811 Å². The molecular weight excluding hydrogens is 1850 g/mol. The van der Waals surface area contributed by atoms with Crippen molar-refractivity contribution >= 4 is 115 Å². The highest BCUT2D eigenvalue weighted by molar-refractivity contribution is 6.32. The number of fused-ring (bicyclic) bond motifs is 4. The van der Waals surface area contributed by atoms with Gasteiger partial charge in [0.2, 0.25) is 0 Å². The average molecular weight is 1960 g/mol. The number of pyridine rings is 1. The van der Waals surface area contributed by atoms with Crippen LogP contribution in [-0.2, 0) is 6.54 Å². The molecule has 0 aliphatic heterocycles. The summed E-state index contributed by atoms with van der Waals surface area (Å²) < 4.78 is 97.8. The standard InChI is InChI=1S/C28H31ClFN5O3.C25H26ClFN6O2.C25H31ClFN5O2.C21H25ClFN5O2/c1-14(2)38-25-20(15(3)27-33-17(5)24-26(31)32-11-12-35(24)27)13-21(29)23(30)22(25)28(36)34-16(4)18-7-9-19(37-6)10-8-18;1-13(2)35-22-17(14(3)24-32-15(4)21-23(28)30-9-10-33(21)24)11-18(26)20(27)19(22)25(34)31-12-16-7-5-6-8-29-16;1-13(2)34-22-17(14(3)24-31-15(4)21-23(28)29-9-10-32(21)24)11-18(26)20(27)19(22)25(33)30-12-16-7-5-6-8-16;1-10(2)30-18-13(9-14(22)16(23)15(18)21(29)27(5)6)11(3)20-26-12(4)17-19(24)25-7-8-28(17)20/h7-16H,1-6H3,(H2,31,32)(H,34,36);5-11,13-14H,12H2,1-4H3,(H2,28,30)(H,31,34);9-11,13-14,16H,5-8,12H2,1-4H3,(H2,28,29)(H,30,33);7-11H,1-6H3,(H2,24,25)/t;14-;;/m.0../s1. The third-order valence-corrected chi connectivity index (χ3v) is 24.3. The van der Waals surface area contributed by atoms with Crippen molar-refractivity contribution in [2.75, 3.05) is 50.7 Å². The first-order chi connectivity index (χ1) is 64.9. The number of hydrogen-bond donors (Lipinski definition) is 7. The zero-order chi connectivity index (χ0) is 99.9. The van der Waals surface area contributed by atoms with E-state index in [0.717, 1.165) is 36.9 Å². The number of rotatable bonds is 27. The Morgan fingerprint density at radius 3 is 1.06 bits per heavy atom. The fourth-order valence-corrected chi connectivity index (χ4v) is 17.5. The first-order valence-electron chi connectivity index (χ1n) is 44.7. The minimum Gasteiger partial charge on any atom is -0.497 e. The van der Waals surface area contributed by atoms with Crippen LogP contribution in [0.25, 0.3) is 22.1 Å². The smallest absolute Gasteiger partial charge is 0.260 e. The van der Waals surface area contributed by atoms with Crippen molar-refractivity contribution < 1.29 is 60.4 Å². The van der Waals surface area contributed by atoms with Crippen LogP contribution in [-0.4, -0.2) is 143 Å². The number of ether oxygens (including phenoxy) is 5. The number of aromatic nitrogens is 13. The van der Waals surface area contributed by atoms with Gasteiger partial charge in [0.25, 0.3) is 23.6 Å². The van der Waals surface area contributed by atoms with E-state index >= 15 is 13.2 Å². The molecule has 38 heteroatoms. The molecule has 30 nitrogen and oxygen atoms in total. The normalized spacial score (nSPS) is 13.2. The van der Waals surface area contributed by atoms with Crippen LogP contribution in [0.4, 0.5) is 40.8 Å². The lowest BCUT2D eigenvalue weighted by atomic mass is 9.95. The van der Waals surface area contributed by atoms with Crippen LogP contribution >= 0.6 is 46.4 Å². The lowest BCUT2D eigenvalue weighted by Gasteiger charge is -2.23. The molecule has 11 N–H and O–H groups in total. The van der Waals surface area contributed by atoms with Crippen molar-refractivity contribution in [2.45, 2.75) is 204 Å². The van der Waals surface area contributed by atoms with Gasteiger partial charge in [0.05, 0.1) is 92.7 Å². The predicted molar refractivity (Wildman–Crippen MR) is 524 cm³/mol. The molecule has 0 saturated heterocycles. The molecule has 14 aromatic rings. The van der Waals surface area contributed by atoms with Gasteiger partial charge in [0, 0.05) is 122 Å². The van der Waals surface area contributed by atoms with Gasteiger partial charge in [-0.25, -0.2) is 57.4 Å². The number of nitrogens with two attached hydrogens (primary N) is 4. The second-order valence-electron chi connectivity index (χ2n) is 34.8. The topological polar surface area (TPSA) is 391 Å². The van der Waals surface area contributed by atoms with E-state index in [0.29, 0.717) is 132 Å². The molecule has 4 unspecified atom stereocenters. The fraction of sp³-hybridized carbons (Fsp3) is 0.364. The summed E-state index contributed by atoms with van der Waals surface area (Å²) in [5.74, 6) is -1.58. The molecule has 9 aromatic heterocycles. The Morgan fingerprint density at radius 1 is 0.438 bits per heavy atom. The van der Waals surface area contributed by atoms with E-state index in [-0.39, 0.29) is 108 Å². The zero-order valence-electron chi connectivity index (χ0n) is 79.8. The Hall–Kier alpha value is -13.3. The number of imidazole rings is 4. The molecule has 0 bridgehead atoms. The van der Waals surface area contributed by atoms with Gasteiger partial charge in [-0.1, -0.05) is 105 Å². The molecule has 1 fully saturated rings. The van der Waals surface area contributed by atoms with Crippen LogP contribution < -0.4 is 62.6 Å². The maximum atomic E-state index is 15.5. The van der Waals surface area contributed by atoms with Crippen molar-refractivity contribution in [3.05, 3.63) is 268 Å². The highest BCUT2D eigenvalue weighted by atomic mass is 35.5. The molecule has 15 rings (SSSR count). The Balaban J connectivity index is 0.000000165. The van der Waals surface area contributed by atoms with E-state index in [1.807, 2.05) is 134 Å². The second kappa shape index (κ2) is 43.8. The highest BCUT2D eigenvalue weighted by Gasteiger charge is 2.37. The quantitative estimate of drug-likeness (QED) is 0.0235. The number of aryl methyl sites for hydroxylation is 4. The fourth-order valence-electron chi connectivity index (χ4n) is 16.7. The third kappa shape index (κ3) is 22.2. The molecular formula is C99H113Cl4F4N21O9. The molecule has 4 amide bonds. The van der Waals surface area contributed by atoms with E-state index in [2.05, 4.69) is 45.9 Å². The number of carbonyl (C=O) groups is 4. The van der Waals surface area contributed by atoms with Gasteiger partial charge in [-0.3, -0.25) is 41.8 Å². The van der Waals surface area contributed by atoms with E-state index < -0.39 is 64.8 Å². The maximum absolute atomic E-state index is 15.5. The third-order valence-electron chi connectivity index (χ3n) is 23.2. The summed E-state index contributed by atoms with van der Waals surface area (Å²) in [6.07, 6.45) is 18.2. The molecule has 724 valence electrons. The van der Waals surface area contributed by atoms with Crippen molar-refractivity contribution in [1.29, 1.82) is 0 Å². The first-order valence-corrected chi connectivity index (χ1v) is 46.2. The number of nitrogens with zero attached hydrogens (tertiary/aromatic N) is 14. The number of methoxy groups -OCH3 is 1. The van der Waals surface area contributed by atoms with Gasteiger partial charge in [-0.2, -0.15) is 0 Å². The number of amides is 4. The summed E-state index contributed by atoms with van der Waals surface area (Å²) in [6, 6.07) is 18.2. The number of nitrogen functional groups attached to an aromatic ring is 4. The van der Waals surface area contributed by atoms with Crippen LogP contribution in [0.3, 0.4) is 0 Å². The van der Waals surface area contributed by atoms with Crippen LogP contribution in [0.5, 0.6) is 28.7 Å². The summed E-state index contributed by atoms with van der Waals surface area (Å²) in [7, 11) is 4.68. The number of nitrogens with one attached hydrogen (secondary N) is 3. The maximum Gasteiger partial charge on any atom is 0.260 e. The van der Waals surface area contributed by atoms with Crippen molar-refractivity contribution in [1.82, 2.24) is 83.3 Å². The van der Waals surface area contributed by atoms with E-state index in [1.54, 1.807) is 121 Å². The summed E-state index contributed by atoms with van der Waals surface area (Å²) in [6.45, 7) is 31.9. The predicted octanol–water partition coefficient (Wildman–Crippen LogP) is 19.9. The molecule has 1 saturated carbocycles. The van der Waals surface area contributed by atoms with Crippen molar-refractivity contribution in [2.24, 2.45) is 5.92 Å². The van der Waals surface area contributed by atoms with Crippen LogP contribution in [0.1, 0.15) is 266 Å². The van der Waals surface area contributed by atoms with Crippen molar-refractivity contribution in [3.63, 3.8) is 0 Å². The number of benzene rings is 5. The minimum atomic E-state index is -0.852. The summed E-state index contributed by atoms with van der Waals surface area (Å²) in [5.41, 5.74) is 32.6.